The largest absolute Gasteiger partial charge is 0.497 e. The second-order valence-electron chi connectivity index (χ2n) is 5.77. The molecule has 0 unspecified atom stereocenters. The molecule has 138 valence electrons. The molecule has 0 aliphatic carbocycles. The third-order valence-corrected chi connectivity index (χ3v) is 5.36. The number of sulfonamides is 1. The predicted octanol–water partition coefficient (Wildman–Crippen LogP) is 3.26. The fourth-order valence-corrected chi connectivity index (χ4v) is 4.05. The number of aryl methyl sites for hydroxylation is 1. The molecule has 0 saturated carbocycles. The number of ether oxygens (including phenoxy) is 2. The molecular formula is C18H21N3O4S. The summed E-state index contributed by atoms with van der Waals surface area (Å²) in [6, 6.07) is 8.36. The van der Waals surface area contributed by atoms with Gasteiger partial charge < -0.3 is 14.0 Å². The Labute approximate surface area is 152 Å². The first kappa shape index (κ1) is 18.1. The number of aromatic nitrogens is 2. The van der Waals surface area contributed by atoms with Crippen LogP contribution in [0.4, 0.5) is 5.69 Å². The maximum absolute atomic E-state index is 13.0. The van der Waals surface area contributed by atoms with Crippen LogP contribution in [0.5, 0.6) is 11.5 Å². The van der Waals surface area contributed by atoms with Crippen molar-refractivity contribution >= 4 is 26.7 Å². The second-order valence-corrected chi connectivity index (χ2v) is 7.42. The van der Waals surface area contributed by atoms with E-state index in [1.54, 1.807) is 42.7 Å². The summed E-state index contributed by atoms with van der Waals surface area (Å²) in [6.45, 7) is 2.72. The maximum atomic E-state index is 13.0. The second kappa shape index (κ2) is 7.25. The van der Waals surface area contributed by atoms with Crippen molar-refractivity contribution in [2.24, 2.45) is 0 Å². The van der Waals surface area contributed by atoms with Gasteiger partial charge >= 0.3 is 0 Å². The van der Waals surface area contributed by atoms with Crippen LogP contribution >= 0.6 is 0 Å². The number of fused-ring (bicyclic) bond motifs is 1. The quantitative estimate of drug-likeness (QED) is 0.685. The smallest absolute Gasteiger partial charge is 0.264 e. The van der Waals surface area contributed by atoms with E-state index in [2.05, 4.69) is 9.71 Å². The van der Waals surface area contributed by atoms with Gasteiger partial charge in [0.2, 0.25) is 0 Å². The van der Waals surface area contributed by atoms with Gasteiger partial charge in [-0.2, -0.15) is 0 Å². The summed E-state index contributed by atoms with van der Waals surface area (Å²) in [4.78, 5) is 4.52. The van der Waals surface area contributed by atoms with Gasteiger partial charge in [0, 0.05) is 42.5 Å². The summed E-state index contributed by atoms with van der Waals surface area (Å²) >= 11 is 0. The normalized spacial score (nSPS) is 11.5. The van der Waals surface area contributed by atoms with Gasteiger partial charge in [-0.15, -0.1) is 0 Å². The molecule has 0 aliphatic rings. The summed E-state index contributed by atoms with van der Waals surface area (Å²) in [6.07, 6.45) is 4.16. The van der Waals surface area contributed by atoms with Gasteiger partial charge in [0.15, 0.2) is 0 Å². The Balaban J connectivity index is 2.05. The summed E-state index contributed by atoms with van der Waals surface area (Å²) in [5.41, 5.74) is 1.01. The van der Waals surface area contributed by atoms with Crippen LogP contribution in [0.25, 0.3) is 11.0 Å². The molecule has 7 nitrogen and oxygen atoms in total. The lowest BCUT2D eigenvalue weighted by Gasteiger charge is -2.11. The Morgan fingerprint density at radius 3 is 2.46 bits per heavy atom. The molecule has 0 spiro atoms. The number of rotatable bonds is 7. The Kier molecular flexibility index (Phi) is 5.03. The maximum Gasteiger partial charge on any atom is 0.264 e. The van der Waals surface area contributed by atoms with E-state index in [9.17, 15) is 8.42 Å². The van der Waals surface area contributed by atoms with Crippen molar-refractivity contribution in [2.45, 2.75) is 24.8 Å². The van der Waals surface area contributed by atoms with Crippen LogP contribution in [0.1, 0.15) is 13.3 Å². The van der Waals surface area contributed by atoms with Crippen LogP contribution in [0.15, 0.2) is 47.6 Å². The predicted molar refractivity (Wildman–Crippen MR) is 100 cm³/mol. The highest BCUT2D eigenvalue weighted by Crippen LogP contribution is 2.30. The van der Waals surface area contributed by atoms with E-state index in [0.29, 0.717) is 34.8 Å². The number of benzene rings is 1. The third kappa shape index (κ3) is 3.45. The van der Waals surface area contributed by atoms with Crippen LogP contribution < -0.4 is 14.2 Å². The van der Waals surface area contributed by atoms with Crippen molar-refractivity contribution < 1.29 is 17.9 Å². The lowest BCUT2D eigenvalue weighted by molar-refractivity contribution is 0.395. The molecule has 0 amide bonds. The SMILES string of the molecule is CCCn1cc(S(=O)(=O)Nc2cc(OC)cc(OC)c2)c2cccnc21. The van der Waals surface area contributed by atoms with Gasteiger partial charge in [0.05, 0.1) is 19.9 Å². The zero-order chi connectivity index (χ0) is 18.7. The van der Waals surface area contributed by atoms with Crippen LogP contribution in [-0.4, -0.2) is 32.2 Å². The van der Waals surface area contributed by atoms with E-state index < -0.39 is 10.0 Å². The Morgan fingerprint density at radius 2 is 1.85 bits per heavy atom. The standard InChI is InChI=1S/C18H21N3O4S/c1-4-8-21-12-17(16-6-5-7-19-18(16)21)26(22,23)20-13-9-14(24-2)11-15(10-13)25-3/h5-7,9-12,20H,4,8H2,1-3H3. The molecule has 1 N–H and O–H groups in total. The van der Waals surface area contributed by atoms with E-state index in [0.717, 1.165) is 6.42 Å². The minimum atomic E-state index is -3.81. The van der Waals surface area contributed by atoms with E-state index in [4.69, 9.17) is 9.47 Å². The summed E-state index contributed by atoms with van der Waals surface area (Å²) in [5, 5.41) is 0.586. The zero-order valence-corrected chi connectivity index (χ0v) is 15.7. The fourth-order valence-electron chi connectivity index (χ4n) is 2.79. The van der Waals surface area contributed by atoms with Crippen molar-refractivity contribution in [3.63, 3.8) is 0 Å². The van der Waals surface area contributed by atoms with Gasteiger partial charge in [-0.1, -0.05) is 6.92 Å². The van der Waals surface area contributed by atoms with Crippen LogP contribution in [0.2, 0.25) is 0 Å². The lowest BCUT2D eigenvalue weighted by atomic mass is 10.3. The number of pyridine rings is 1. The van der Waals surface area contributed by atoms with Gasteiger partial charge in [-0.25, -0.2) is 13.4 Å². The highest BCUT2D eigenvalue weighted by Gasteiger charge is 2.22. The molecular weight excluding hydrogens is 354 g/mol. The molecule has 0 atom stereocenters. The monoisotopic (exact) mass is 375 g/mol. The zero-order valence-electron chi connectivity index (χ0n) is 14.9. The Morgan fingerprint density at radius 1 is 1.15 bits per heavy atom. The number of methoxy groups -OCH3 is 2. The number of hydrogen-bond acceptors (Lipinski definition) is 5. The minimum Gasteiger partial charge on any atom is -0.497 e. The molecule has 0 radical (unpaired) electrons. The van der Waals surface area contributed by atoms with E-state index in [1.165, 1.54) is 14.2 Å². The number of nitrogens with one attached hydrogen (secondary N) is 1. The van der Waals surface area contributed by atoms with Crippen molar-refractivity contribution in [2.75, 3.05) is 18.9 Å². The molecule has 26 heavy (non-hydrogen) atoms. The summed E-state index contributed by atoms with van der Waals surface area (Å²) in [7, 11) is -0.787. The van der Waals surface area contributed by atoms with Crippen molar-refractivity contribution in [3.05, 3.63) is 42.7 Å². The molecule has 0 aliphatic heterocycles. The molecule has 8 heteroatoms. The summed E-state index contributed by atoms with van der Waals surface area (Å²) < 4.78 is 40.8. The van der Waals surface area contributed by atoms with E-state index >= 15 is 0 Å². The first-order valence-corrected chi connectivity index (χ1v) is 9.66. The molecule has 1 aromatic carbocycles. The van der Waals surface area contributed by atoms with Crippen molar-refractivity contribution in [3.8, 4) is 11.5 Å². The molecule has 3 aromatic rings. The molecule has 0 bridgehead atoms. The van der Waals surface area contributed by atoms with Gasteiger partial charge in [0.1, 0.15) is 22.0 Å². The summed E-state index contributed by atoms with van der Waals surface area (Å²) in [5.74, 6) is 0.995. The first-order valence-electron chi connectivity index (χ1n) is 8.18. The van der Waals surface area contributed by atoms with E-state index in [-0.39, 0.29) is 4.90 Å². The van der Waals surface area contributed by atoms with E-state index in [1.807, 2.05) is 11.5 Å². The Hall–Kier alpha value is -2.74. The average molecular weight is 375 g/mol. The van der Waals surface area contributed by atoms with Crippen molar-refractivity contribution in [1.82, 2.24) is 9.55 Å². The number of nitrogens with zero attached hydrogens (tertiary/aromatic N) is 2. The highest BCUT2D eigenvalue weighted by molar-refractivity contribution is 7.93. The fraction of sp³-hybridized carbons (Fsp3) is 0.278. The van der Waals surface area contributed by atoms with Gasteiger partial charge in [0.25, 0.3) is 10.0 Å². The minimum absolute atomic E-state index is 0.191. The molecule has 2 heterocycles. The van der Waals surface area contributed by atoms with Crippen LogP contribution in [-0.2, 0) is 16.6 Å². The Bertz CT molecular complexity index is 1010. The van der Waals surface area contributed by atoms with Gasteiger partial charge in [-0.05, 0) is 18.6 Å². The average Bonchev–Trinajstić information content (AvgIpc) is 3.01. The molecule has 0 fully saturated rings. The molecule has 3 rings (SSSR count). The van der Waals surface area contributed by atoms with Crippen molar-refractivity contribution in [1.29, 1.82) is 0 Å². The van der Waals surface area contributed by atoms with Crippen LogP contribution in [0, 0.1) is 0 Å². The third-order valence-electron chi connectivity index (χ3n) is 3.95. The molecule has 0 saturated heterocycles. The van der Waals surface area contributed by atoms with Gasteiger partial charge in [-0.3, -0.25) is 4.72 Å². The highest BCUT2D eigenvalue weighted by atomic mass is 32.2. The first-order chi connectivity index (χ1) is 12.5. The van der Waals surface area contributed by atoms with Crippen LogP contribution in [0.3, 0.4) is 0 Å². The lowest BCUT2D eigenvalue weighted by Crippen LogP contribution is -2.13. The number of anilines is 1. The topological polar surface area (TPSA) is 82.5 Å². The molecule has 2 aromatic heterocycles. The number of hydrogen-bond donors (Lipinski definition) is 1.